The topological polar surface area (TPSA) is 66.8 Å². The third kappa shape index (κ3) is 21.1. The zero-order valence-electron chi connectivity index (χ0n) is 18.4. The van der Waals surface area contributed by atoms with Gasteiger partial charge in [-0.25, -0.2) is 4.79 Å². The summed E-state index contributed by atoms with van der Waals surface area (Å²) in [7, 11) is 0. The van der Waals surface area contributed by atoms with Crippen LogP contribution in [0.2, 0.25) is 0 Å². The van der Waals surface area contributed by atoms with Gasteiger partial charge in [-0.1, -0.05) is 91.9 Å². The lowest BCUT2D eigenvalue weighted by Gasteiger charge is -2.22. The minimum Gasteiger partial charge on any atom is -0.480 e. The summed E-state index contributed by atoms with van der Waals surface area (Å²) in [6, 6.07) is 0. The van der Waals surface area contributed by atoms with Gasteiger partial charge in [-0.3, -0.25) is 4.79 Å². The lowest BCUT2D eigenvalue weighted by molar-refractivity contribution is -0.145. The SMILES string of the molecule is CC.CCCCCCCCN(CCCCCCCC)C(=O)COCC(=O)O. The van der Waals surface area contributed by atoms with Gasteiger partial charge in [-0.15, -0.1) is 0 Å². The fourth-order valence-corrected chi connectivity index (χ4v) is 2.84. The molecule has 0 saturated heterocycles. The van der Waals surface area contributed by atoms with Gasteiger partial charge in [0, 0.05) is 13.1 Å². The highest BCUT2D eigenvalue weighted by molar-refractivity contribution is 5.78. The summed E-state index contributed by atoms with van der Waals surface area (Å²) in [6.07, 6.45) is 14.4. The van der Waals surface area contributed by atoms with Crippen molar-refractivity contribution < 1.29 is 19.4 Å². The zero-order chi connectivity index (χ0) is 20.8. The molecule has 0 heterocycles. The van der Waals surface area contributed by atoms with Crippen LogP contribution in [0.15, 0.2) is 0 Å². The molecule has 0 rings (SSSR count). The number of hydrogen-bond acceptors (Lipinski definition) is 3. The van der Waals surface area contributed by atoms with E-state index < -0.39 is 12.6 Å². The van der Waals surface area contributed by atoms with Crippen LogP contribution in [0.1, 0.15) is 105 Å². The molecular formula is C22H45NO4. The summed E-state index contributed by atoms with van der Waals surface area (Å²) in [5.74, 6) is -1.12. The molecule has 0 aliphatic heterocycles. The smallest absolute Gasteiger partial charge is 0.329 e. The van der Waals surface area contributed by atoms with Crippen LogP contribution in [-0.2, 0) is 14.3 Å². The van der Waals surface area contributed by atoms with Gasteiger partial charge in [-0.2, -0.15) is 0 Å². The van der Waals surface area contributed by atoms with Crippen LogP contribution in [0.4, 0.5) is 0 Å². The van der Waals surface area contributed by atoms with Crippen molar-refractivity contribution in [1.29, 1.82) is 0 Å². The van der Waals surface area contributed by atoms with Gasteiger partial charge in [0.1, 0.15) is 13.2 Å². The highest BCUT2D eigenvalue weighted by atomic mass is 16.5. The number of carboxylic acids is 1. The van der Waals surface area contributed by atoms with E-state index in [9.17, 15) is 9.59 Å². The van der Waals surface area contributed by atoms with Gasteiger partial charge < -0.3 is 14.7 Å². The van der Waals surface area contributed by atoms with Gasteiger partial charge in [0.15, 0.2) is 0 Å². The Morgan fingerprint density at radius 2 is 1.11 bits per heavy atom. The fourth-order valence-electron chi connectivity index (χ4n) is 2.84. The average Bonchev–Trinajstić information content (AvgIpc) is 2.66. The summed E-state index contributed by atoms with van der Waals surface area (Å²) in [4.78, 5) is 24.6. The molecule has 0 aliphatic rings. The Labute approximate surface area is 167 Å². The molecule has 0 bridgehead atoms. The highest BCUT2D eigenvalue weighted by Crippen LogP contribution is 2.09. The van der Waals surface area contributed by atoms with Crippen LogP contribution < -0.4 is 0 Å². The molecule has 0 spiro atoms. The van der Waals surface area contributed by atoms with Crippen LogP contribution in [0.3, 0.4) is 0 Å². The van der Waals surface area contributed by atoms with Crippen molar-refractivity contribution in [1.82, 2.24) is 4.90 Å². The molecule has 0 aromatic heterocycles. The van der Waals surface area contributed by atoms with E-state index in [1.165, 1.54) is 51.4 Å². The molecule has 0 saturated carbocycles. The van der Waals surface area contributed by atoms with Crippen LogP contribution in [0, 0.1) is 0 Å². The maximum Gasteiger partial charge on any atom is 0.329 e. The van der Waals surface area contributed by atoms with E-state index in [0.717, 1.165) is 38.8 Å². The van der Waals surface area contributed by atoms with Gasteiger partial charge >= 0.3 is 5.97 Å². The van der Waals surface area contributed by atoms with Crippen molar-refractivity contribution in [2.75, 3.05) is 26.3 Å². The average molecular weight is 388 g/mol. The van der Waals surface area contributed by atoms with E-state index in [0.29, 0.717) is 0 Å². The Bertz CT molecular complexity index is 318. The molecule has 1 N–H and O–H groups in total. The second-order valence-corrected chi connectivity index (χ2v) is 6.80. The first-order valence-electron chi connectivity index (χ1n) is 11.2. The molecule has 0 unspecified atom stereocenters. The third-order valence-electron chi connectivity index (χ3n) is 4.37. The first-order chi connectivity index (χ1) is 13.1. The van der Waals surface area contributed by atoms with Gasteiger partial charge in [-0.05, 0) is 12.8 Å². The first-order valence-corrected chi connectivity index (χ1v) is 11.2. The normalized spacial score (nSPS) is 10.2. The number of ether oxygens (including phenoxy) is 1. The molecule has 0 atom stereocenters. The van der Waals surface area contributed by atoms with Gasteiger partial charge in [0.2, 0.25) is 5.91 Å². The summed E-state index contributed by atoms with van der Waals surface area (Å²) in [6.45, 7) is 9.40. The number of unbranched alkanes of at least 4 members (excludes halogenated alkanes) is 10. The Hall–Kier alpha value is -1.10. The predicted molar refractivity (Wildman–Crippen MR) is 113 cm³/mol. The Kier molecular flexibility index (Phi) is 23.9. The van der Waals surface area contributed by atoms with Crippen molar-refractivity contribution in [2.24, 2.45) is 0 Å². The second-order valence-electron chi connectivity index (χ2n) is 6.80. The van der Waals surface area contributed by atoms with Crippen LogP contribution in [0.5, 0.6) is 0 Å². The Morgan fingerprint density at radius 1 is 0.704 bits per heavy atom. The monoisotopic (exact) mass is 387 g/mol. The van der Waals surface area contributed by atoms with Crippen molar-refractivity contribution in [2.45, 2.75) is 105 Å². The number of nitrogens with zero attached hydrogens (tertiary/aromatic N) is 1. The molecule has 162 valence electrons. The minimum absolute atomic E-state index is 0.0802. The quantitative estimate of drug-likeness (QED) is 0.308. The highest BCUT2D eigenvalue weighted by Gasteiger charge is 2.13. The fraction of sp³-hybridized carbons (Fsp3) is 0.909. The predicted octanol–water partition coefficient (Wildman–Crippen LogP) is 5.66. The van der Waals surface area contributed by atoms with Crippen molar-refractivity contribution >= 4 is 11.9 Å². The van der Waals surface area contributed by atoms with Crippen LogP contribution in [-0.4, -0.2) is 48.2 Å². The number of carboxylic acid groups (broad SMARTS) is 1. The van der Waals surface area contributed by atoms with Crippen molar-refractivity contribution in [3.63, 3.8) is 0 Å². The first kappa shape index (κ1) is 28.1. The standard InChI is InChI=1S/C20H39NO4.C2H6/c1-3-5-7-9-11-13-15-21(16-14-12-10-8-6-4-2)19(22)17-25-18-20(23)24;1-2/h3-18H2,1-2H3,(H,23,24);1-2H3. The van der Waals surface area contributed by atoms with Crippen molar-refractivity contribution in [3.05, 3.63) is 0 Å². The molecule has 5 heteroatoms. The van der Waals surface area contributed by atoms with E-state index in [4.69, 9.17) is 9.84 Å². The summed E-state index contributed by atoms with van der Waals surface area (Å²) < 4.78 is 4.97. The number of carbonyl (C=O) groups is 2. The Morgan fingerprint density at radius 3 is 1.52 bits per heavy atom. The zero-order valence-corrected chi connectivity index (χ0v) is 18.4. The van der Waals surface area contributed by atoms with Crippen LogP contribution >= 0.6 is 0 Å². The summed E-state index contributed by atoms with van der Waals surface area (Å²) >= 11 is 0. The molecular weight excluding hydrogens is 342 g/mol. The van der Waals surface area contributed by atoms with E-state index in [1.807, 2.05) is 18.7 Å². The molecule has 1 amide bonds. The van der Waals surface area contributed by atoms with E-state index in [2.05, 4.69) is 13.8 Å². The molecule has 0 aliphatic carbocycles. The largest absolute Gasteiger partial charge is 0.480 e. The number of hydrogen-bond donors (Lipinski definition) is 1. The number of rotatable bonds is 18. The molecule has 0 aromatic carbocycles. The maximum atomic E-state index is 12.3. The van der Waals surface area contributed by atoms with Crippen LogP contribution in [0.25, 0.3) is 0 Å². The number of aliphatic carboxylic acids is 1. The lowest BCUT2D eigenvalue weighted by atomic mass is 10.1. The maximum absolute atomic E-state index is 12.3. The van der Waals surface area contributed by atoms with E-state index >= 15 is 0 Å². The molecule has 5 nitrogen and oxygen atoms in total. The number of amides is 1. The molecule has 0 fully saturated rings. The van der Waals surface area contributed by atoms with Gasteiger partial charge in [0.25, 0.3) is 0 Å². The molecule has 0 radical (unpaired) electrons. The van der Waals surface area contributed by atoms with E-state index in [-0.39, 0.29) is 12.5 Å². The Balaban J connectivity index is 0. The van der Waals surface area contributed by atoms with E-state index in [1.54, 1.807) is 0 Å². The molecule has 27 heavy (non-hydrogen) atoms. The summed E-state index contributed by atoms with van der Waals surface area (Å²) in [5, 5.41) is 8.60. The molecule has 0 aromatic rings. The minimum atomic E-state index is -1.04. The van der Waals surface area contributed by atoms with Gasteiger partial charge in [0.05, 0.1) is 0 Å². The third-order valence-corrected chi connectivity index (χ3v) is 4.37. The number of carbonyl (C=O) groups excluding carboxylic acids is 1. The second kappa shape index (κ2) is 22.9. The lowest BCUT2D eigenvalue weighted by Crippen LogP contribution is -2.36. The van der Waals surface area contributed by atoms with Crippen molar-refractivity contribution in [3.8, 4) is 0 Å². The summed E-state index contributed by atoms with van der Waals surface area (Å²) in [5.41, 5.74) is 0.